The van der Waals surface area contributed by atoms with Gasteiger partial charge in [0.15, 0.2) is 0 Å². The minimum absolute atomic E-state index is 0.335. The van der Waals surface area contributed by atoms with Crippen molar-refractivity contribution in [3.63, 3.8) is 0 Å². The summed E-state index contributed by atoms with van der Waals surface area (Å²) < 4.78 is 5.81. The van der Waals surface area contributed by atoms with Crippen molar-refractivity contribution in [3.05, 3.63) is 24.0 Å². The van der Waals surface area contributed by atoms with Gasteiger partial charge in [-0.25, -0.2) is 0 Å². The van der Waals surface area contributed by atoms with E-state index in [9.17, 15) is 0 Å². The van der Waals surface area contributed by atoms with Crippen LogP contribution in [0.1, 0.15) is 39.2 Å². The Hall–Kier alpha value is -1.09. The second kappa shape index (κ2) is 5.70. The van der Waals surface area contributed by atoms with Crippen molar-refractivity contribution in [1.82, 2.24) is 4.98 Å². The minimum Gasteiger partial charge on any atom is -0.374 e. The van der Waals surface area contributed by atoms with Crippen LogP contribution in [0.3, 0.4) is 0 Å². The van der Waals surface area contributed by atoms with Gasteiger partial charge in [0, 0.05) is 19.3 Å². The number of hydrogen-bond acceptors (Lipinski definition) is 3. The fourth-order valence-electron chi connectivity index (χ4n) is 2.25. The molecule has 0 N–H and O–H groups in total. The van der Waals surface area contributed by atoms with Crippen LogP contribution in [0, 0.1) is 5.92 Å². The van der Waals surface area contributed by atoms with Gasteiger partial charge in [0.25, 0.3) is 0 Å². The van der Waals surface area contributed by atoms with E-state index < -0.39 is 0 Å². The maximum Gasteiger partial charge on any atom is 0.0773 e. The molecule has 1 aromatic rings. The predicted molar refractivity (Wildman–Crippen MR) is 75.1 cm³/mol. The normalized spacial score (nSPS) is 20.8. The molecule has 1 aromatic heterocycles. The molecule has 0 amide bonds. The number of aromatic nitrogens is 1. The summed E-state index contributed by atoms with van der Waals surface area (Å²) in [6.07, 6.45) is 4.27. The number of nitrogens with zero attached hydrogens (tertiary/aromatic N) is 2. The lowest BCUT2D eigenvalue weighted by molar-refractivity contribution is 0.0114. The lowest BCUT2D eigenvalue weighted by Gasteiger charge is -2.36. The first-order valence-electron chi connectivity index (χ1n) is 6.89. The van der Waals surface area contributed by atoms with Crippen LogP contribution in [0.4, 0.5) is 5.69 Å². The quantitative estimate of drug-likeness (QED) is 0.822. The monoisotopic (exact) mass is 248 g/mol. The molecule has 18 heavy (non-hydrogen) atoms. The van der Waals surface area contributed by atoms with Crippen molar-refractivity contribution in [3.8, 4) is 0 Å². The summed E-state index contributed by atoms with van der Waals surface area (Å²) >= 11 is 0. The summed E-state index contributed by atoms with van der Waals surface area (Å²) in [6.45, 7) is 11.6. The molecular formula is C15H24N2O. The number of morpholine rings is 1. The molecule has 0 radical (unpaired) electrons. The summed E-state index contributed by atoms with van der Waals surface area (Å²) in [5.41, 5.74) is 2.54. The fourth-order valence-corrected chi connectivity index (χ4v) is 2.25. The van der Waals surface area contributed by atoms with Crippen LogP contribution in [0.25, 0.3) is 0 Å². The van der Waals surface area contributed by atoms with Gasteiger partial charge < -0.3 is 9.64 Å². The Bertz CT molecular complexity index is 390. The van der Waals surface area contributed by atoms with Crippen LogP contribution in [0.5, 0.6) is 0 Å². The van der Waals surface area contributed by atoms with E-state index in [-0.39, 0.29) is 0 Å². The van der Waals surface area contributed by atoms with Crippen molar-refractivity contribution in [1.29, 1.82) is 0 Å². The van der Waals surface area contributed by atoms with Crippen LogP contribution in [0.2, 0.25) is 0 Å². The van der Waals surface area contributed by atoms with Crippen LogP contribution < -0.4 is 4.90 Å². The minimum atomic E-state index is 0.335. The molecule has 0 saturated carbocycles. The van der Waals surface area contributed by atoms with E-state index in [1.54, 1.807) is 0 Å². The Morgan fingerprint density at radius 3 is 2.72 bits per heavy atom. The number of rotatable bonds is 3. The second-order valence-electron chi connectivity index (χ2n) is 5.73. The van der Waals surface area contributed by atoms with Crippen molar-refractivity contribution < 1.29 is 4.74 Å². The molecule has 2 rings (SSSR count). The van der Waals surface area contributed by atoms with Gasteiger partial charge in [0.1, 0.15) is 0 Å². The maximum atomic E-state index is 5.81. The van der Waals surface area contributed by atoms with Gasteiger partial charge in [-0.15, -0.1) is 0 Å². The van der Waals surface area contributed by atoms with Gasteiger partial charge in [0.05, 0.1) is 24.6 Å². The molecule has 1 aliphatic rings. The molecule has 0 spiro atoms. The third-order valence-corrected chi connectivity index (χ3v) is 3.61. The molecule has 1 aliphatic heterocycles. The van der Waals surface area contributed by atoms with Crippen LogP contribution >= 0.6 is 0 Å². The Morgan fingerprint density at radius 1 is 1.28 bits per heavy atom. The van der Waals surface area contributed by atoms with E-state index in [0.29, 0.717) is 17.9 Å². The molecule has 0 aromatic carbocycles. The third-order valence-electron chi connectivity index (χ3n) is 3.61. The molecule has 3 heteroatoms. The molecular weight excluding hydrogens is 224 g/mol. The molecule has 1 fully saturated rings. The molecule has 100 valence electrons. The number of anilines is 1. The molecule has 1 unspecified atom stereocenters. The van der Waals surface area contributed by atoms with E-state index in [1.165, 1.54) is 11.3 Å². The number of ether oxygens (including phenoxy) is 1. The molecule has 1 atom stereocenters. The predicted octanol–water partition coefficient (Wildman–Crippen LogP) is 3.07. The average Bonchev–Trinajstić information content (AvgIpc) is 2.39. The largest absolute Gasteiger partial charge is 0.374 e. The van der Waals surface area contributed by atoms with E-state index >= 15 is 0 Å². The van der Waals surface area contributed by atoms with Crippen LogP contribution in [0.15, 0.2) is 18.5 Å². The van der Waals surface area contributed by atoms with Gasteiger partial charge in [-0.2, -0.15) is 0 Å². The first-order valence-corrected chi connectivity index (χ1v) is 6.89. The van der Waals surface area contributed by atoms with Gasteiger partial charge in [-0.3, -0.25) is 4.98 Å². The van der Waals surface area contributed by atoms with E-state index in [2.05, 4.69) is 43.6 Å². The second-order valence-corrected chi connectivity index (χ2v) is 5.73. The summed E-state index contributed by atoms with van der Waals surface area (Å²) in [6, 6.07) is 2.26. The van der Waals surface area contributed by atoms with Crippen molar-refractivity contribution in [2.75, 3.05) is 24.6 Å². The zero-order valence-corrected chi connectivity index (χ0v) is 11.9. The molecule has 1 saturated heterocycles. The molecule has 0 bridgehead atoms. The molecule has 2 heterocycles. The van der Waals surface area contributed by atoms with Crippen molar-refractivity contribution in [2.45, 2.75) is 39.7 Å². The summed E-state index contributed by atoms with van der Waals surface area (Å²) in [5, 5.41) is 0. The highest BCUT2D eigenvalue weighted by Gasteiger charge is 2.23. The highest BCUT2D eigenvalue weighted by atomic mass is 16.5. The third kappa shape index (κ3) is 3.02. The number of pyridine rings is 1. The highest BCUT2D eigenvalue weighted by molar-refractivity contribution is 5.47. The van der Waals surface area contributed by atoms with Gasteiger partial charge in [0.2, 0.25) is 0 Å². The Balaban J connectivity index is 2.13. The molecule has 0 aliphatic carbocycles. The standard InChI is InChI=1S/C15H24N2O/c1-11(2)13-7-14(9-16-8-13)17-5-6-18-15(10-17)12(3)4/h7-9,11-12,15H,5-6,10H2,1-4H3. The van der Waals surface area contributed by atoms with Crippen LogP contribution in [-0.4, -0.2) is 30.8 Å². The van der Waals surface area contributed by atoms with E-state index in [4.69, 9.17) is 4.74 Å². The van der Waals surface area contributed by atoms with Crippen molar-refractivity contribution in [2.24, 2.45) is 5.92 Å². The summed E-state index contributed by atoms with van der Waals surface area (Å²) in [7, 11) is 0. The lowest BCUT2D eigenvalue weighted by atomic mass is 10.0. The maximum absolute atomic E-state index is 5.81. The van der Waals surface area contributed by atoms with E-state index in [0.717, 1.165) is 19.7 Å². The average molecular weight is 248 g/mol. The topological polar surface area (TPSA) is 25.4 Å². The first kappa shape index (κ1) is 13.3. The van der Waals surface area contributed by atoms with E-state index in [1.807, 2.05) is 12.4 Å². The Labute approximate surface area is 110 Å². The van der Waals surface area contributed by atoms with Gasteiger partial charge in [-0.05, 0) is 23.5 Å². The Kier molecular flexibility index (Phi) is 4.23. The van der Waals surface area contributed by atoms with Crippen LogP contribution in [-0.2, 0) is 4.74 Å². The number of hydrogen-bond donors (Lipinski definition) is 0. The zero-order chi connectivity index (χ0) is 13.1. The zero-order valence-electron chi connectivity index (χ0n) is 11.9. The SMILES string of the molecule is CC(C)c1cncc(N2CCOC(C(C)C)C2)c1. The summed E-state index contributed by atoms with van der Waals surface area (Å²) in [4.78, 5) is 6.76. The molecule has 3 nitrogen and oxygen atoms in total. The van der Waals surface area contributed by atoms with Gasteiger partial charge in [-0.1, -0.05) is 27.7 Å². The summed E-state index contributed by atoms with van der Waals surface area (Å²) in [5.74, 6) is 1.09. The first-order chi connectivity index (χ1) is 8.58. The smallest absolute Gasteiger partial charge is 0.0773 e. The van der Waals surface area contributed by atoms with Gasteiger partial charge >= 0.3 is 0 Å². The lowest BCUT2D eigenvalue weighted by Crippen LogP contribution is -2.44. The Morgan fingerprint density at radius 2 is 2.06 bits per heavy atom. The highest BCUT2D eigenvalue weighted by Crippen LogP contribution is 2.23. The van der Waals surface area contributed by atoms with Crippen molar-refractivity contribution >= 4 is 5.69 Å². The fraction of sp³-hybridized carbons (Fsp3) is 0.667.